The predicted octanol–water partition coefficient (Wildman–Crippen LogP) is 3.24. The van der Waals surface area contributed by atoms with Gasteiger partial charge in [0.25, 0.3) is 6.43 Å². The Morgan fingerprint density at radius 3 is 2.42 bits per heavy atom. The zero-order chi connectivity index (χ0) is 9.30. The normalized spacial score (nSPS) is 10.8. The number of rotatable bonds is 1. The number of aryl methyl sites for hydroxylation is 1. The predicted molar refractivity (Wildman–Crippen MR) is 51.4 cm³/mol. The van der Waals surface area contributed by atoms with Gasteiger partial charge in [-0.3, -0.25) is 0 Å². The van der Waals surface area contributed by atoms with Crippen LogP contribution in [-0.4, -0.2) is 4.98 Å². The minimum Gasteiger partial charge on any atom is -0.241 e. The number of hydrogen-bond donors (Lipinski definition) is 0. The number of nitrogens with zero attached hydrogens (tertiary/aromatic N) is 1. The summed E-state index contributed by atoms with van der Waals surface area (Å²) in [6.45, 7) is 3.68. The highest BCUT2D eigenvalue weighted by molar-refractivity contribution is 14.1. The highest BCUT2D eigenvalue weighted by Crippen LogP contribution is 2.21. The van der Waals surface area contributed by atoms with Gasteiger partial charge < -0.3 is 0 Å². The summed E-state index contributed by atoms with van der Waals surface area (Å²) in [4.78, 5) is 3.77. The molecule has 4 heteroatoms. The lowest BCUT2D eigenvalue weighted by Gasteiger charge is -2.05. The molecule has 0 unspecified atom stereocenters. The molecule has 0 fully saturated rings. The summed E-state index contributed by atoms with van der Waals surface area (Å²) < 4.78 is 25.0. The third-order valence-electron chi connectivity index (χ3n) is 1.72. The molecule has 1 nitrogen and oxygen atoms in total. The van der Waals surface area contributed by atoms with Crippen molar-refractivity contribution >= 4 is 22.6 Å². The zero-order valence-corrected chi connectivity index (χ0v) is 8.89. The van der Waals surface area contributed by atoms with Gasteiger partial charge in [0.15, 0.2) is 0 Å². The fourth-order valence-corrected chi connectivity index (χ4v) is 1.54. The second-order valence-electron chi connectivity index (χ2n) is 2.58. The maximum absolute atomic E-state index is 12.2. The Labute approximate surface area is 83.3 Å². The van der Waals surface area contributed by atoms with Gasteiger partial charge in [0.05, 0.1) is 0 Å². The van der Waals surface area contributed by atoms with Crippen LogP contribution in [0.5, 0.6) is 0 Å². The maximum Gasteiger partial charge on any atom is 0.280 e. The molecule has 0 aliphatic rings. The van der Waals surface area contributed by atoms with E-state index in [1.807, 2.05) is 36.4 Å². The van der Waals surface area contributed by atoms with E-state index in [4.69, 9.17) is 0 Å². The first-order valence-corrected chi connectivity index (χ1v) is 4.52. The van der Waals surface area contributed by atoms with E-state index in [1.165, 1.54) is 6.07 Å². The van der Waals surface area contributed by atoms with Crippen LogP contribution in [0.3, 0.4) is 0 Å². The van der Waals surface area contributed by atoms with Crippen molar-refractivity contribution in [2.24, 2.45) is 0 Å². The number of halogens is 3. The fraction of sp³-hybridized carbons (Fsp3) is 0.375. The summed E-state index contributed by atoms with van der Waals surface area (Å²) in [6, 6.07) is 1.43. The van der Waals surface area contributed by atoms with Gasteiger partial charge in [-0.05, 0) is 53.6 Å². The van der Waals surface area contributed by atoms with Gasteiger partial charge in [-0.1, -0.05) is 0 Å². The van der Waals surface area contributed by atoms with Gasteiger partial charge in [0.2, 0.25) is 0 Å². The lowest BCUT2D eigenvalue weighted by molar-refractivity contribution is 0.145. The van der Waals surface area contributed by atoms with E-state index in [1.54, 1.807) is 0 Å². The second kappa shape index (κ2) is 3.64. The van der Waals surface area contributed by atoms with Crippen molar-refractivity contribution in [3.8, 4) is 0 Å². The van der Waals surface area contributed by atoms with Crippen molar-refractivity contribution in [2.75, 3.05) is 0 Å². The van der Waals surface area contributed by atoms with Crippen molar-refractivity contribution in [1.82, 2.24) is 4.98 Å². The molecule has 66 valence electrons. The van der Waals surface area contributed by atoms with Gasteiger partial charge in [0.1, 0.15) is 9.39 Å². The average Bonchev–Trinajstić information content (AvgIpc) is 1.99. The standard InChI is InChI=1S/C8H8F2IN/c1-4-3-6(7(9)10)12-8(11)5(4)2/h3,7H,1-2H3. The number of aromatic nitrogens is 1. The SMILES string of the molecule is Cc1cc(C(F)F)nc(I)c1C. The Balaban J connectivity index is 3.21. The van der Waals surface area contributed by atoms with Crippen LogP contribution >= 0.6 is 22.6 Å². The Kier molecular flexibility index (Phi) is 2.98. The first kappa shape index (κ1) is 9.83. The smallest absolute Gasteiger partial charge is 0.241 e. The van der Waals surface area contributed by atoms with E-state index in [-0.39, 0.29) is 5.69 Å². The van der Waals surface area contributed by atoms with E-state index >= 15 is 0 Å². The maximum atomic E-state index is 12.2. The number of alkyl halides is 2. The molecule has 0 spiro atoms. The Morgan fingerprint density at radius 2 is 2.00 bits per heavy atom. The summed E-state index contributed by atoms with van der Waals surface area (Å²) in [7, 11) is 0. The molecule has 0 saturated carbocycles. The molecule has 1 rings (SSSR count). The van der Waals surface area contributed by atoms with Crippen molar-refractivity contribution < 1.29 is 8.78 Å². The van der Waals surface area contributed by atoms with Gasteiger partial charge >= 0.3 is 0 Å². The molecular weight excluding hydrogens is 275 g/mol. The number of hydrogen-bond acceptors (Lipinski definition) is 1. The monoisotopic (exact) mass is 283 g/mol. The Bertz CT molecular complexity index is 276. The van der Waals surface area contributed by atoms with Crippen LogP contribution in [0.2, 0.25) is 0 Å². The average molecular weight is 283 g/mol. The summed E-state index contributed by atoms with van der Waals surface area (Å²) in [6.07, 6.45) is -2.47. The molecule has 1 heterocycles. The molecule has 1 aromatic heterocycles. The number of pyridine rings is 1. The molecule has 0 radical (unpaired) electrons. The fourth-order valence-electron chi connectivity index (χ4n) is 0.834. The van der Waals surface area contributed by atoms with Crippen LogP contribution < -0.4 is 0 Å². The summed E-state index contributed by atoms with van der Waals surface area (Å²) in [5, 5.41) is 0. The van der Waals surface area contributed by atoms with Crippen LogP contribution in [0.4, 0.5) is 8.78 Å². The molecule has 0 bridgehead atoms. The van der Waals surface area contributed by atoms with Crippen molar-refractivity contribution in [3.63, 3.8) is 0 Å². The Hall–Kier alpha value is -0.260. The van der Waals surface area contributed by atoms with Gasteiger partial charge in [-0.25, -0.2) is 13.8 Å². The van der Waals surface area contributed by atoms with Gasteiger partial charge in [0, 0.05) is 0 Å². The highest BCUT2D eigenvalue weighted by Gasteiger charge is 2.11. The van der Waals surface area contributed by atoms with Crippen LogP contribution in [0.15, 0.2) is 6.07 Å². The van der Waals surface area contributed by atoms with Crippen LogP contribution in [-0.2, 0) is 0 Å². The third kappa shape index (κ3) is 1.91. The Morgan fingerprint density at radius 1 is 1.42 bits per heavy atom. The zero-order valence-electron chi connectivity index (χ0n) is 6.74. The summed E-state index contributed by atoms with van der Waals surface area (Å²) in [5.41, 5.74) is 1.70. The molecule has 0 saturated heterocycles. The largest absolute Gasteiger partial charge is 0.280 e. The summed E-state index contributed by atoms with van der Waals surface area (Å²) in [5.74, 6) is 0. The first-order valence-electron chi connectivity index (χ1n) is 3.44. The van der Waals surface area contributed by atoms with E-state index in [0.717, 1.165) is 11.1 Å². The highest BCUT2D eigenvalue weighted by atomic mass is 127. The van der Waals surface area contributed by atoms with E-state index in [0.29, 0.717) is 3.70 Å². The minimum absolute atomic E-state index is 0.137. The second-order valence-corrected chi connectivity index (χ2v) is 3.60. The molecule has 0 amide bonds. The van der Waals surface area contributed by atoms with Crippen LogP contribution in [0.1, 0.15) is 23.2 Å². The molecule has 0 aromatic carbocycles. The summed E-state index contributed by atoms with van der Waals surface area (Å²) >= 11 is 1.96. The molecule has 0 N–H and O–H groups in total. The molecule has 0 aliphatic heterocycles. The van der Waals surface area contributed by atoms with Crippen LogP contribution in [0.25, 0.3) is 0 Å². The van der Waals surface area contributed by atoms with Gasteiger partial charge in [-0.2, -0.15) is 0 Å². The van der Waals surface area contributed by atoms with Crippen molar-refractivity contribution in [3.05, 3.63) is 26.6 Å². The molecular formula is C8H8F2IN. The molecule has 0 atom stereocenters. The van der Waals surface area contributed by atoms with Crippen molar-refractivity contribution in [2.45, 2.75) is 20.3 Å². The van der Waals surface area contributed by atoms with Crippen LogP contribution in [0, 0.1) is 17.5 Å². The topological polar surface area (TPSA) is 12.9 Å². The molecule has 0 aliphatic carbocycles. The van der Waals surface area contributed by atoms with E-state index in [9.17, 15) is 8.78 Å². The van der Waals surface area contributed by atoms with E-state index in [2.05, 4.69) is 4.98 Å². The lowest BCUT2D eigenvalue weighted by atomic mass is 10.1. The van der Waals surface area contributed by atoms with Crippen molar-refractivity contribution in [1.29, 1.82) is 0 Å². The minimum atomic E-state index is -2.47. The quantitative estimate of drug-likeness (QED) is 0.569. The molecule has 1 aromatic rings. The first-order chi connectivity index (χ1) is 5.52. The third-order valence-corrected chi connectivity index (χ3v) is 2.77. The van der Waals surface area contributed by atoms with Gasteiger partial charge in [-0.15, -0.1) is 0 Å². The molecule has 12 heavy (non-hydrogen) atoms. The van der Waals surface area contributed by atoms with E-state index < -0.39 is 6.43 Å². The lowest BCUT2D eigenvalue weighted by Crippen LogP contribution is -1.97.